The standard InChI is InChI=1S/C15H18N2O3/c1-4-12-14(10(2)17-20-12)15(18)16-9-11-7-5-6-8-13(11)19-3/h5-8H,4,9H2,1-3H3,(H,16,18). The van der Waals surface area contributed by atoms with Gasteiger partial charge >= 0.3 is 0 Å². The first-order valence-corrected chi connectivity index (χ1v) is 6.52. The molecule has 5 heteroatoms. The van der Waals surface area contributed by atoms with Crippen molar-refractivity contribution in [1.82, 2.24) is 10.5 Å². The second kappa shape index (κ2) is 6.23. The summed E-state index contributed by atoms with van der Waals surface area (Å²) in [5, 5.41) is 6.71. The molecule has 1 aromatic heterocycles. The molecule has 0 saturated carbocycles. The van der Waals surface area contributed by atoms with E-state index in [1.165, 1.54) is 0 Å². The van der Waals surface area contributed by atoms with Crippen molar-refractivity contribution < 1.29 is 14.1 Å². The average Bonchev–Trinajstić information content (AvgIpc) is 2.86. The molecular formula is C15H18N2O3. The molecule has 1 N–H and O–H groups in total. The number of ether oxygens (including phenoxy) is 1. The molecule has 20 heavy (non-hydrogen) atoms. The third-order valence-electron chi connectivity index (χ3n) is 3.11. The molecule has 0 atom stereocenters. The summed E-state index contributed by atoms with van der Waals surface area (Å²) in [6.45, 7) is 4.09. The van der Waals surface area contributed by atoms with Gasteiger partial charge in [-0.2, -0.15) is 0 Å². The maximum atomic E-state index is 12.2. The zero-order chi connectivity index (χ0) is 14.5. The van der Waals surface area contributed by atoms with E-state index in [9.17, 15) is 4.79 Å². The molecule has 1 heterocycles. The van der Waals surface area contributed by atoms with Crippen molar-refractivity contribution in [3.05, 3.63) is 46.8 Å². The number of benzene rings is 1. The third-order valence-corrected chi connectivity index (χ3v) is 3.11. The van der Waals surface area contributed by atoms with E-state index >= 15 is 0 Å². The van der Waals surface area contributed by atoms with E-state index in [1.807, 2.05) is 31.2 Å². The Hall–Kier alpha value is -2.30. The van der Waals surface area contributed by atoms with Crippen molar-refractivity contribution in [2.24, 2.45) is 0 Å². The minimum absolute atomic E-state index is 0.175. The van der Waals surface area contributed by atoms with Crippen LogP contribution < -0.4 is 10.1 Å². The molecular weight excluding hydrogens is 256 g/mol. The van der Waals surface area contributed by atoms with Crippen molar-refractivity contribution in [2.45, 2.75) is 26.8 Å². The van der Waals surface area contributed by atoms with Crippen LogP contribution in [0.2, 0.25) is 0 Å². The lowest BCUT2D eigenvalue weighted by Gasteiger charge is -2.09. The van der Waals surface area contributed by atoms with Gasteiger partial charge in [-0.25, -0.2) is 0 Å². The Kier molecular flexibility index (Phi) is 4.40. The smallest absolute Gasteiger partial charge is 0.257 e. The number of aromatic nitrogens is 1. The van der Waals surface area contributed by atoms with Crippen molar-refractivity contribution in [3.8, 4) is 5.75 Å². The monoisotopic (exact) mass is 274 g/mol. The Morgan fingerprint density at radius 1 is 1.40 bits per heavy atom. The van der Waals surface area contributed by atoms with Crippen LogP contribution in [-0.2, 0) is 13.0 Å². The number of carbonyl (C=O) groups excluding carboxylic acids is 1. The number of hydrogen-bond acceptors (Lipinski definition) is 4. The molecule has 5 nitrogen and oxygen atoms in total. The number of methoxy groups -OCH3 is 1. The van der Waals surface area contributed by atoms with Gasteiger partial charge in [-0.3, -0.25) is 4.79 Å². The van der Waals surface area contributed by atoms with Crippen LogP contribution in [0.25, 0.3) is 0 Å². The number of nitrogens with zero attached hydrogens (tertiary/aromatic N) is 1. The van der Waals surface area contributed by atoms with Gasteiger partial charge in [0.25, 0.3) is 5.91 Å². The lowest BCUT2D eigenvalue weighted by molar-refractivity contribution is 0.0948. The van der Waals surface area contributed by atoms with E-state index in [1.54, 1.807) is 14.0 Å². The lowest BCUT2D eigenvalue weighted by atomic mass is 10.1. The van der Waals surface area contributed by atoms with E-state index in [4.69, 9.17) is 9.26 Å². The van der Waals surface area contributed by atoms with Crippen molar-refractivity contribution in [1.29, 1.82) is 0 Å². The SMILES string of the molecule is CCc1onc(C)c1C(=O)NCc1ccccc1OC. The van der Waals surface area contributed by atoms with Crippen LogP contribution in [0.3, 0.4) is 0 Å². The summed E-state index contributed by atoms with van der Waals surface area (Å²) in [5.41, 5.74) is 2.07. The third kappa shape index (κ3) is 2.82. The zero-order valence-corrected chi connectivity index (χ0v) is 11.9. The van der Waals surface area contributed by atoms with Crippen LogP contribution in [0, 0.1) is 6.92 Å². The Balaban J connectivity index is 2.11. The average molecular weight is 274 g/mol. The lowest BCUT2D eigenvalue weighted by Crippen LogP contribution is -2.24. The quantitative estimate of drug-likeness (QED) is 0.909. The van der Waals surface area contributed by atoms with Gasteiger partial charge in [0.05, 0.1) is 12.8 Å². The number of aryl methyl sites for hydroxylation is 2. The molecule has 0 spiro atoms. The maximum absolute atomic E-state index is 12.2. The molecule has 0 aliphatic heterocycles. The van der Waals surface area contributed by atoms with Gasteiger partial charge in [-0.1, -0.05) is 30.3 Å². The number of rotatable bonds is 5. The van der Waals surface area contributed by atoms with E-state index in [0.717, 1.165) is 11.3 Å². The molecule has 0 unspecified atom stereocenters. The maximum Gasteiger partial charge on any atom is 0.257 e. The first-order valence-electron chi connectivity index (χ1n) is 6.52. The van der Waals surface area contributed by atoms with Gasteiger partial charge in [0, 0.05) is 18.5 Å². The van der Waals surface area contributed by atoms with Crippen LogP contribution in [0.15, 0.2) is 28.8 Å². The molecule has 0 saturated heterocycles. The Labute approximate surface area is 117 Å². The van der Waals surface area contributed by atoms with Crippen LogP contribution in [0.1, 0.15) is 34.3 Å². The molecule has 1 amide bonds. The number of para-hydroxylation sites is 1. The number of hydrogen-bond donors (Lipinski definition) is 1. The molecule has 2 aromatic rings. The Morgan fingerprint density at radius 3 is 2.85 bits per heavy atom. The van der Waals surface area contributed by atoms with Gasteiger partial charge in [0.15, 0.2) is 0 Å². The Bertz CT molecular complexity index is 605. The number of nitrogens with one attached hydrogen (secondary N) is 1. The minimum atomic E-state index is -0.175. The fraction of sp³-hybridized carbons (Fsp3) is 0.333. The van der Waals surface area contributed by atoms with E-state index in [-0.39, 0.29) is 5.91 Å². The molecule has 0 fully saturated rings. The predicted octanol–water partition coefficient (Wildman–Crippen LogP) is 2.48. The highest BCUT2D eigenvalue weighted by Gasteiger charge is 2.19. The van der Waals surface area contributed by atoms with Crippen LogP contribution in [0.4, 0.5) is 0 Å². The normalized spacial score (nSPS) is 10.3. The minimum Gasteiger partial charge on any atom is -0.496 e. The Morgan fingerprint density at radius 2 is 2.15 bits per heavy atom. The highest BCUT2D eigenvalue weighted by atomic mass is 16.5. The summed E-state index contributed by atoms with van der Waals surface area (Å²) in [4.78, 5) is 12.2. The van der Waals surface area contributed by atoms with Crippen molar-refractivity contribution in [3.63, 3.8) is 0 Å². The summed E-state index contributed by atoms with van der Waals surface area (Å²) in [6.07, 6.45) is 0.637. The van der Waals surface area contributed by atoms with Gasteiger partial charge in [0.2, 0.25) is 0 Å². The second-order valence-electron chi connectivity index (χ2n) is 4.41. The highest BCUT2D eigenvalue weighted by Crippen LogP contribution is 2.18. The highest BCUT2D eigenvalue weighted by molar-refractivity contribution is 5.96. The van der Waals surface area contributed by atoms with E-state index in [2.05, 4.69) is 10.5 Å². The summed E-state index contributed by atoms with van der Waals surface area (Å²) >= 11 is 0. The zero-order valence-electron chi connectivity index (χ0n) is 11.9. The first kappa shape index (κ1) is 14.1. The first-order chi connectivity index (χ1) is 9.67. The molecule has 0 aliphatic carbocycles. The van der Waals surface area contributed by atoms with Gasteiger partial charge in [-0.05, 0) is 13.0 Å². The fourth-order valence-corrected chi connectivity index (χ4v) is 2.06. The second-order valence-corrected chi connectivity index (χ2v) is 4.41. The summed E-state index contributed by atoms with van der Waals surface area (Å²) in [6, 6.07) is 7.58. The summed E-state index contributed by atoms with van der Waals surface area (Å²) < 4.78 is 10.4. The van der Waals surface area contributed by atoms with Crippen molar-refractivity contribution >= 4 is 5.91 Å². The summed E-state index contributed by atoms with van der Waals surface area (Å²) in [5.74, 6) is 1.19. The van der Waals surface area contributed by atoms with Gasteiger partial charge in [-0.15, -0.1) is 0 Å². The van der Waals surface area contributed by atoms with Gasteiger partial charge < -0.3 is 14.6 Å². The van der Waals surface area contributed by atoms with Crippen LogP contribution >= 0.6 is 0 Å². The van der Waals surface area contributed by atoms with Gasteiger partial charge in [0.1, 0.15) is 17.1 Å². The summed E-state index contributed by atoms with van der Waals surface area (Å²) in [7, 11) is 1.61. The molecule has 0 aliphatic rings. The molecule has 0 bridgehead atoms. The molecule has 0 radical (unpaired) electrons. The fourth-order valence-electron chi connectivity index (χ4n) is 2.06. The largest absolute Gasteiger partial charge is 0.496 e. The number of carbonyl (C=O) groups is 1. The molecule has 106 valence electrons. The number of amides is 1. The predicted molar refractivity (Wildman–Crippen MR) is 74.8 cm³/mol. The van der Waals surface area contributed by atoms with Crippen LogP contribution in [0.5, 0.6) is 5.75 Å². The van der Waals surface area contributed by atoms with E-state index in [0.29, 0.717) is 30.0 Å². The molecule has 1 aromatic carbocycles. The van der Waals surface area contributed by atoms with Crippen molar-refractivity contribution in [2.75, 3.05) is 7.11 Å². The van der Waals surface area contributed by atoms with Crippen LogP contribution in [-0.4, -0.2) is 18.2 Å². The molecule has 2 rings (SSSR count). The topological polar surface area (TPSA) is 64.4 Å². The van der Waals surface area contributed by atoms with E-state index < -0.39 is 0 Å².